The minimum atomic E-state index is -0.587. The van der Waals surface area contributed by atoms with Crippen LogP contribution in [0, 0.1) is 10.1 Å². The summed E-state index contributed by atoms with van der Waals surface area (Å²) < 4.78 is 1.86. The van der Waals surface area contributed by atoms with E-state index in [4.69, 9.17) is 23.2 Å². The zero-order valence-electron chi connectivity index (χ0n) is 17.8. The van der Waals surface area contributed by atoms with Gasteiger partial charge in [0.25, 0.3) is 11.6 Å². The van der Waals surface area contributed by atoms with Gasteiger partial charge in [-0.3, -0.25) is 19.5 Å². The number of para-hydroxylation sites is 1. The predicted molar refractivity (Wildman–Crippen MR) is 136 cm³/mol. The number of nitrogens with zero attached hydrogens (tertiary/aromatic N) is 5. The summed E-state index contributed by atoms with van der Waals surface area (Å²) in [5.74, 6) is 0.243. The van der Waals surface area contributed by atoms with Crippen molar-refractivity contribution in [1.82, 2.24) is 20.2 Å². The highest BCUT2D eigenvalue weighted by atomic mass is 35.5. The molecule has 0 spiro atoms. The Morgan fingerprint density at radius 1 is 1.09 bits per heavy atom. The third-order valence-electron chi connectivity index (χ3n) is 4.65. The van der Waals surface area contributed by atoms with Crippen LogP contribution in [-0.4, -0.2) is 37.6 Å². The summed E-state index contributed by atoms with van der Waals surface area (Å²) >= 11 is 13.0. The van der Waals surface area contributed by atoms with E-state index in [0.29, 0.717) is 21.6 Å². The molecule has 176 valence electrons. The van der Waals surface area contributed by atoms with Crippen molar-refractivity contribution in [2.75, 3.05) is 5.75 Å². The first-order valence-electron chi connectivity index (χ1n) is 10.1. The van der Waals surface area contributed by atoms with Crippen molar-refractivity contribution in [1.29, 1.82) is 0 Å². The monoisotopic (exact) mass is 526 g/mol. The lowest BCUT2D eigenvalue weighted by atomic mass is 10.2. The van der Waals surface area contributed by atoms with E-state index in [1.165, 1.54) is 30.1 Å². The number of hydrazone groups is 1. The molecule has 0 radical (unpaired) electrons. The van der Waals surface area contributed by atoms with Gasteiger partial charge in [-0.25, -0.2) is 5.43 Å². The van der Waals surface area contributed by atoms with Crippen molar-refractivity contribution in [3.8, 4) is 17.1 Å². The fraction of sp³-hybridized carbons (Fsp3) is 0.0435. The summed E-state index contributed by atoms with van der Waals surface area (Å²) in [5.41, 5.74) is 4.25. The van der Waals surface area contributed by atoms with E-state index in [0.717, 1.165) is 11.3 Å². The molecule has 0 unspecified atom stereocenters. The molecule has 1 N–H and O–H groups in total. The molecule has 4 aromatic rings. The fourth-order valence-electron chi connectivity index (χ4n) is 3.05. The molecule has 3 aromatic carbocycles. The van der Waals surface area contributed by atoms with E-state index in [9.17, 15) is 14.9 Å². The molecular formula is C23H16Cl2N6O3S. The maximum Gasteiger partial charge on any atom is 0.288 e. The zero-order valence-corrected chi connectivity index (χ0v) is 20.2. The Morgan fingerprint density at radius 2 is 1.83 bits per heavy atom. The number of hydrogen-bond donors (Lipinski definition) is 1. The number of nitro benzene ring substituents is 1. The quantitative estimate of drug-likeness (QED) is 0.142. The first-order valence-corrected chi connectivity index (χ1v) is 11.8. The summed E-state index contributed by atoms with van der Waals surface area (Å²) in [6.45, 7) is 0. The Balaban J connectivity index is 1.47. The Labute approximate surface area is 213 Å². The zero-order chi connectivity index (χ0) is 24.8. The van der Waals surface area contributed by atoms with Crippen LogP contribution in [-0.2, 0) is 4.79 Å². The lowest BCUT2D eigenvalue weighted by molar-refractivity contribution is -0.384. The molecule has 0 aliphatic rings. The van der Waals surface area contributed by atoms with Crippen LogP contribution in [0.25, 0.3) is 17.1 Å². The van der Waals surface area contributed by atoms with Crippen molar-refractivity contribution >= 4 is 52.8 Å². The Kier molecular flexibility index (Phi) is 7.76. The number of amides is 1. The second-order valence-corrected chi connectivity index (χ2v) is 8.82. The minimum absolute atomic E-state index is 0.0175. The lowest BCUT2D eigenvalue weighted by Crippen LogP contribution is -2.20. The van der Waals surface area contributed by atoms with Crippen molar-refractivity contribution in [2.45, 2.75) is 5.16 Å². The molecule has 1 aromatic heterocycles. The number of aromatic nitrogens is 3. The average molecular weight is 527 g/mol. The van der Waals surface area contributed by atoms with Crippen LogP contribution in [0.15, 0.2) is 83.1 Å². The number of hydrogen-bond acceptors (Lipinski definition) is 7. The van der Waals surface area contributed by atoms with Gasteiger partial charge in [-0.1, -0.05) is 59.2 Å². The van der Waals surface area contributed by atoms with Gasteiger partial charge < -0.3 is 0 Å². The van der Waals surface area contributed by atoms with Crippen molar-refractivity contribution in [3.05, 3.63) is 98.5 Å². The van der Waals surface area contributed by atoms with E-state index in [-0.39, 0.29) is 22.4 Å². The van der Waals surface area contributed by atoms with E-state index < -0.39 is 4.92 Å². The smallest absolute Gasteiger partial charge is 0.272 e. The summed E-state index contributed by atoms with van der Waals surface area (Å²) in [5, 5.41) is 24.6. The van der Waals surface area contributed by atoms with E-state index in [1.54, 1.807) is 18.2 Å². The highest BCUT2D eigenvalue weighted by molar-refractivity contribution is 7.99. The molecular weight excluding hydrogens is 511 g/mol. The van der Waals surface area contributed by atoms with Gasteiger partial charge in [0.15, 0.2) is 11.0 Å². The molecule has 0 aliphatic heterocycles. The van der Waals surface area contributed by atoms with Gasteiger partial charge in [0, 0.05) is 27.9 Å². The number of thioether (sulfide) groups is 1. The van der Waals surface area contributed by atoms with Gasteiger partial charge in [-0.2, -0.15) is 5.10 Å². The Hall–Kier alpha value is -3.73. The number of nitrogens with one attached hydrogen (secondary N) is 1. The van der Waals surface area contributed by atoms with Crippen molar-refractivity contribution < 1.29 is 9.72 Å². The Morgan fingerprint density at radius 3 is 2.54 bits per heavy atom. The molecule has 35 heavy (non-hydrogen) atoms. The molecule has 0 bridgehead atoms. The van der Waals surface area contributed by atoms with Crippen molar-refractivity contribution in [2.24, 2.45) is 5.10 Å². The summed E-state index contributed by atoms with van der Waals surface area (Å²) in [6, 6.07) is 21.0. The highest BCUT2D eigenvalue weighted by Gasteiger charge is 2.17. The van der Waals surface area contributed by atoms with Gasteiger partial charge in [-0.05, 0) is 42.5 Å². The Bertz CT molecular complexity index is 1390. The number of halogens is 2. The van der Waals surface area contributed by atoms with Crippen LogP contribution in [0.5, 0.6) is 0 Å². The summed E-state index contributed by atoms with van der Waals surface area (Å²) in [6.07, 6.45) is 1.30. The number of rotatable bonds is 8. The molecule has 0 atom stereocenters. The second kappa shape index (κ2) is 11.1. The first-order chi connectivity index (χ1) is 16.9. The maximum absolute atomic E-state index is 12.4. The second-order valence-electron chi connectivity index (χ2n) is 7.03. The number of benzene rings is 3. The maximum atomic E-state index is 12.4. The van der Waals surface area contributed by atoms with Gasteiger partial charge in [0.2, 0.25) is 0 Å². The number of nitro groups is 1. The van der Waals surface area contributed by atoms with E-state index in [2.05, 4.69) is 20.7 Å². The average Bonchev–Trinajstić information content (AvgIpc) is 3.28. The van der Waals surface area contributed by atoms with Crippen LogP contribution in [0.3, 0.4) is 0 Å². The topological polar surface area (TPSA) is 115 Å². The molecule has 12 heteroatoms. The molecule has 1 heterocycles. The lowest BCUT2D eigenvalue weighted by Gasteiger charge is -2.10. The third-order valence-corrected chi connectivity index (χ3v) is 6.15. The fourth-order valence-corrected chi connectivity index (χ4v) is 4.11. The third kappa shape index (κ3) is 6.04. The van der Waals surface area contributed by atoms with Gasteiger partial charge in [0.1, 0.15) is 5.02 Å². The minimum Gasteiger partial charge on any atom is -0.272 e. The van der Waals surface area contributed by atoms with Gasteiger partial charge in [-0.15, -0.1) is 10.2 Å². The number of carbonyl (C=O) groups excluding carboxylic acids is 1. The first kappa shape index (κ1) is 24.4. The molecule has 4 rings (SSSR count). The molecule has 9 nitrogen and oxygen atoms in total. The van der Waals surface area contributed by atoms with Crippen LogP contribution < -0.4 is 5.43 Å². The summed E-state index contributed by atoms with van der Waals surface area (Å²) in [7, 11) is 0. The normalized spacial score (nSPS) is 11.0. The molecule has 0 fully saturated rings. The SMILES string of the molecule is O=C(CSc1nnc(-c2ccc(Cl)cc2)n1-c1ccccc1)NN=Cc1ccc(Cl)c([N+](=O)[O-])c1. The largest absolute Gasteiger partial charge is 0.288 e. The van der Waals surface area contributed by atoms with Crippen molar-refractivity contribution in [3.63, 3.8) is 0 Å². The van der Waals surface area contributed by atoms with E-state index in [1.807, 2.05) is 47.0 Å². The van der Waals surface area contributed by atoms with Gasteiger partial charge >= 0.3 is 0 Å². The predicted octanol–water partition coefficient (Wildman–Crippen LogP) is 5.39. The van der Waals surface area contributed by atoms with Crippen LogP contribution in [0.1, 0.15) is 5.56 Å². The summed E-state index contributed by atoms with van der Waals surface area (Å²) in [4.78, 5) is 22.8. The molecule has 0 saturated carbocycles. The molecule has 1 amide bonds. The molecule has 0 saturated heterocycles. The van der Waals surface area contributed by atoms with E-state index >= 15 is 0 Å². The van der Waals surface area contributed by atoms with Crippen LogP contribution >= 0.6 is 35.0 Å². The number of carbonyl (C=O) groups is 1. The molecule has 0 aliphatic carbocycles. The highest BCUT2D eigenvalue weighted by Crippen LogP contribution is 2.28. The van der Waals surface area contributed by atoms with Crippen LogP contribution in [0.2, 0.25) is 10.0 Å². The van der Waals surface area contributed by atoms with Crippen LogP contribution in [0.4, 0.5) is 5.69 Å². The standard InChI is InChI=1S/C23H16Cl2N6O3S/c24-17-9-7-16(8-10-17)22-28-29-23(30(22)18-4-2-1-3-5-18)35-14-21(32)27-26-13-15-6-11-19(25)20(12-15)31(33)34/h1-13H,14H2,(H,27,32). The van der Waals surface area contributed by atoms with Gasteiger partial charge in [0.05, 0.1) is 16.9 Å².